The molecule has 2 aromatic rings. The summed E-state index contributed by atoms with van der Waals surface area (Å²) in [4.78, 5) is 32.1. The molecular weight excluding hydrogens is 434 g/mol. The van der Waals surface area contributed by atoms with Gasteiger partial charge in [-0.05, 0) is 42.9 Å². The van der Waals surface area contributed by atoms with Crippen LogP contribution in [0.5, 0.6) is 5.75 Å². The number of nitrogens with one attached hydrogen (secondary N) is 2. The molecule has 2 unspecified atom stereocenters. The van der Waals surface area contributed by atoms with Crippen LogP contribution in [-0.4, -0.2) is 36.0 Å². The third-order valence-corrected chi connectivity index (χ3v) is 6.08. The van der Waals surface area contributed by atoms with Gasteiger partial charge in [-0.25, -0.2) is 9.37 Å². The lowest BCUT2D eigenvalue weighted by Gasteiger charge is -2.20. The van der Waals surface area contributed by atoms with Gasteiger partial charge in [0, 0.05) is 18.6 Å². The van der Waals surface area contributed by atoms with E-state index < -0.39 is 35.4 Å². The van der Waals surface area contributed by atoms with Gasteiger partial charge in [-0.15, -0.1) is 13.2 Å². The summed E-state index contributed by atoms with van der Waals surface area (Å²) in [5.74, 6) is -1.94. The van der Waals surface area contributed by atoms with E-state index in [2.05, 4.69) is 20.0 Å². The molecule has 7 nitrogen and oxygen atoms in total. The zero-order valence-corrected chi connectivity index (χ0v) is 17.1. The topological polar surface area (TPSA) is 93.3 Å². The van der Waals surface area contributed by atoms with Crippen LogP contribution >= 0.6 is 0 Å². The third-order valence-electron chi connectivity index (χ3n) is 6.08. The van der Waals surface area contributed by atoms with Crippen LogP contribution in [0, 0.1) is 11.7 Å². The summed E-state index contributed by atoms with van der Waals surface area (Å²) in [5.41, 5.74) is -0.544. The van der Waals surface area contributed by atoms with Gasteiger partial charge in [0.1, 0.15) is 11.5 Å². The summed E-state index contributed by atoms with van der Waals surface area (Å²) in [7, 11) is 1.35. The van der Waals surface area contributed by atoms with Crippen LogP contribution in [0.3, 0.4) is 0 Å². The molecule has 2 aliphatic carbocycles. The Labute approximate surface area is 180 Å². The first-order chi connectivity index (χ1) is 15.1. The van der Waals surface area contributed by atoms with Crippen LogP contribution in [0.15, 0.2) is 29.1 Å². The largest absolute Gasteiger partial charge is 0.573 e. The number of methoxy groups -OCH3 is 1. The van der Waals surface area contributed by atoms with Crippen molar-refractivity contribution in [1.29, 1.82) is 0 Å². The average molecular weight is 455 g/mol. The maximum Gasteiger partial charge on any atom is 0.573 e. The number of amides is 1. The number of hydrogen-bond acceptors (Lipinski definition) is 5. The average Bonchev–Trinajstić information content (AvgIpc) is 3.28. The number of benzene rings is 1. The molecule has 2 N–H and O–H groups in total. The molecule has 3 atom stereocenters. The van der Waals surface area contributed by atoms with E-state index in [9.17, 15) is 27.2 Å². The Morgan fingerprint density at radius 2 is 2.16 bits per heavy atom. The zero-order chi connectivity index (χ0) is 23.1. The number of aromatic nitrogens is 2. The van der Waals surface area contributed by atoms with E-state index in [1.54, 1.807) is 0 Å². The Kier molecular flexibility index (Phi) is 5.70. The molecule has 0 bridgehead atoms. The molecule has 0 aliphatic heterocycles. The highest BCUT2D eigenvalue weighted by Crippen LogP contribution is 2.63. The Bertz CT molecular complexity index is 1090. The molecule has 1 aromatic carbocycles. The van der Waals surface area contributed by atoms with E-state index >= 15 is 0 Å². The number of alkyl halides is 3. The van der Waals surface area contributed by atoms with E-state index in [0.29, 0.717) is 11.7 Å². The van der Waals surface area contributed by atoms with Crippen LogP contribution < -0.4 is 15.6 Å². The van der Waals surface area contributed by atoms with Crippen molar-refractivity contribution in [2.45, 2.75) is 43.5 Å². The van der Waals surface area contributed by atoms with E-state index in [-0.39, 0.29) is 23.3 Å². The van der Waals surface area contributed by atoms with Gasteiger partial charge in [0.25, 0.3) is 11.5 Å². The first-order valence-electron chi connectivity index (χ1n) is 10.1. The second kappa shape index (κ2) is 8.19. The van der Waals surface area contributed by atoms with Crippen molar-refractivity contribution >= 4 is 5.91 Å². The fourth-order valence-corrected chi connectivity index (χ4v) is 4.51. The highest BCUT2D eigenvalue weighted by Gasteiger charge is 2.59. The highest BCUT2D eigenvalue weighted by atomic mass is 19.4. The van der Waals surface area contributed by atoms with E-state index in [1.807, 2.05) is 0 Å². The van der Waals surface area contributed by atoms with Gasteiger partial charge in [-0.3, -0.25) is 9.59 Å². The molecule has 2 saturated carbocycles. The Morgan fingerprint density at radius 3 is 2.75 bits per heavy atom. The molecule has 1 amide bonds. The predicted molar refractivity (Wildman–Crippen MR) is 104 cm³/mol. The predicted octanol–water partition coefficient (Wildman–Crippen LogP) is 3.37. The van der Waals surface area contributed by atoms with Crippen molar-refractivity contribution in [3.63, 3.8) is 0 Å². The highest BCUT2D eigenvalue weighted by molar-refractivity contribution is 5.92. The molecule has 1 aromatic heterocycles. The fraction of sp³-hybridized carbons (Fsp3) is 0.476. The minimum Gasteiger partial charge on any atom is -0.403 e. The van der Waals surface area contributed by atoms with Crippen molar-refractivity contribution in [2.24, 2.45) is 5.92 Å². The molecule has 1 heterocycles. The quantitative estimate of drug-likeness (QED) is 0.625. The first kappa shape index (κ1) is 22.3. The summed E-state index contributed by atoms with van der Waals surface area (Å²) in [6, 6.07) is 3.02. The molecule has 2 aliphatic rings. The van der Waals surface area contributed by atoms with Crippen LogP contribution in [0.25, 0.3) is 0 Å². The van der Waals surface area contributed by atoms with Crippen LogP contribution in [0.2, 0.25) is 0 Å². The molecular formula is C21H21F4N3O4. The van der Waals surface area contributed by atoms with Crippen LogP contribution in [0.1, 0.15) is 53.6 Å². The lowest BCUT2D eigenvalue weighted by Crippen LogP contribution is -2.33. The second-order valence-corrected chi connectivity index (χ2v) is 8.15. The van der Waals surface area contributed by atoms with Gasteiger partial charge in [-0.1, -0.05) is 12.5 Å². The summed E-state index contributed by atoms with van der Waals surface area (Å²) < 4.78 is 59.9. The Morgan fingerprint density at radius 1 is 1.38 bits per heavy atom. The maximum absolute atomic E-state index is 14.1. The molecule has 0 radical (unpaired) electrons. The summed E-state index contributed by atoms with van der Waals surface area (Å²) in [6.07, 6.45) is -1.09. The van der Waals surface area contributed by atoms with E-state index in [0.717, 1.165) is 43.9 Å². The van der Waals surface area contributed by atoms with Crippen LogP contribution in [-0.2, 0) is 10.2 Å². The van der Waals surface area contributed by atoms with Crippen molar-refractivity contribution in [3.8, 4) is 5.75 Å². The molecule has 2 fully saturated rings. The number of hydrogen-bond donors (Lipinski definition) is 2. The van der Waals surface area contributed by atoms with Crippen molar-refractivity contribution in [2.75, 3.05) is 13.7 Å². The normalized spacial score (nSPS) is 22.8. The Hall–Kier alpha value is -2.95. The number of ether oxygens (including phenoxy) is 2. The van der Waals surface area contributed by atoms with Gasteiger partial charge >= 0.3 is 6.36 Å². The number of rotatable bonds is 7. The Balaban J connectivity index is 1.55. The third kappa shape index (κ3) is 4.47. The minimum atomic E-state index is -5.04. The first-order valence-corrected chi connectivity index (χ1v) is 10.1. The summed E-state index contributed by atoms with van der Waals surface area (Å²) >= 11 is 0. The molecule has 4 rings (SSSR count). The van der Waals surface area contributed by atoms with Gasteiger partial charge in [0.2, 0.25) is 0 Å². The standard InChI is InChI=1S/C21H21F4N3O4/c1-31-10-15(11-4-5-16(13(22)7-11)32-21(23,24)25)26-18(30)14-8-17(29)28-19(27-14)20-6-2-3-12(20)9-20/h4-5,7-8,12,15H,2-3,6,9-10H2,1H3,(H,26,30)(H,27,28,29)/t12?,15-,20?/m1/s1. The zero-order valence-electron chi connectivity index (χ0n) is 17.1. The number of H-pyrrole nitrogens is 1. The van der Waals surface area contributed by atoms with Gasteiger partial charge in [0.05, 0.1) is 12.6 Å². The lowest BCUT2D eigenvalue weighted by molar-refractivity contribution is -0.275. The number of nitrogens with zero attached hydrogens (tertiary/aromatic N) is 1. The summed E-state index contributed by atoms with van der Waals surface area (Å²) in [6.45, 7) is -0.0906. The number of carbonyl (C=O) groups is 1. The molecule has 11 heteroatoms. The van der Waals surface area contributed by atoms with Gasteiger partial charge in [0.15, 0.2) is 11.6 Å². The second-order valence-electron chi connectivity index (χ2n) is 8.15. The van der Waals surface area contributed by atoms with Gasteiger partial charge < -0.3 is 19.8 Å². The number of halogens is 4. The molecule has 172 valence electrons. The van der Waals surface area contributed by atoms with E-state index in [1.165, 1.54) is 13.2 Å². The molecule has 32 heavy (non-hydrogen) atoms. The smallest absolute Gasteiger partial charge is 0.403 e. The number of aromatic amines is 1. The lowest BCUT2D eigenvalue weighted by atomic mass is 10.0. The fourth-order valence-electron chi connectivity index (χ4n) is 4.51. The van der Waals surface area contributed by atoms with Crippen molar-refractivity contribution in [1.82, 2.24) is 15.3 Å². The number of carbonyl (C=O) groups excluding carboxylic acids is 1. The summed E-state index contributed by atoms with van der Waals surface area (Å²) in [5, 5.41) is 2.61. The van der Waals surface area contributed by atoms with Crippen molar-refractivity contribution < 1.29 is 31.8 Å². The maximum atomic E-state index is 14.1. The SMILES string of the molecule is COC[C@@H](NC(=O)c1cc(=O)[nH]c(C23CCCC2C3)n1)c1ccc(OC(F)(F)F)c(F)c1. The minimum absolute atomic E-state index is 0.0886. The van der Waals surface area contributed by atoms with Gasteiger partial charge in [-0.2, -0.15) is 0 Å². The monoisotopic (exact) mass is 455 g/mol. The molecule has 0 spiro atoms. The van der Waals surface area contributed by atoms with Crippen molar-refractivity contribution in [3.05, 3.63) is 57.5 Å². The van der Waals surface area contributed by atoms with Crippen LogP contribution in [0.4, 0.5) is 17.6 Å². The van der Waals surface area contributed by atoms with E-state index in [4.69, 9.17) is 4.74 Å². The molecule has 0 saturated heterocycles. The number of fused-ring (bicyclic) bond motifs is 1.